The Morgan fingerprint density at radius 3 is 2.33 bits per heavy atom. The minimum atomic E-state index is -0.302. The Hall–Kier alpha value is -2.62. The molecule has 1 aliphatic heterocycles. The molecule has 1 fully saturated rings. The van der Waals surface area contributed by atoms with Crippen LogP contribution in [0.4, 0.5) is 11.4 Å². The lowest BCUT2D eigenvalue weighted by atomic mass is 10.1. The highest BCUT2D eigenvalue weighted by molar-refractivity contribution is 6.04. The van der Waals surface area contributed by atoms with E-state index in [4.69, 9.17) is 0 Å². The lowest BCUT2D eigenvalue weighted by molar-refractivity contribution is -0.124. The number of anilines is 2. The largest absolute Gasteiger partial charge is 0.315 e. The molecule has 0 radical (unpaired) electrons. The van der Waals surface area contributed by atoms with Gasteiger partial charge in [-0.3, -0.25) is 9.59 Å². The molecule has 1 unspecified atom stereocenters. The second kappa shape index (κ2) is 6.48. The van der Waals surface area contributed by atoms with Gasteiger partial charge in [0.05, 0.1) is 5.92 Å². The van der Waals surface area contributed by atoms with Gasteiger partial charge in [0, 0.05) is 31.4 Å². The molecule has 124 valence electrons. The zero-order valence-corrected chi connectivity index (χ0v) is 14.3. The second-order valence-electron chi connectivity index (χ2n) is 6.48. The molecule has 3 rings (SSSR count). The fourth-order valence-electron chi connectivity index (χ4n) is 3.28. The number of rotatable bonds is 3. The summed E-state index contributed by atoms with van der Waals surface area (Å²) in [5.41, 5.74) is 3.97. The maximum Gasteiger partial charge on any atom is 0.232 e. The standard InChI is InChI=1S/C20H22N2O2/c1-14-9-15(2)11-18(10-14)22-13-16(12-19(22)23)20(24)21(3)17-7-5-4-6-8-17/h4-11,16H,12-13H2,1-3H3. The van der Waals surface area contributed by atoms with Gasteiger partial charge >= 0.3 is 0 Å². The molecule has 2 aromatic rings. The van der Waals surface area contributed by atoms with Crippen LogP contribution in [-0.2, 0) is 9.59 Å². The molecule has 4 heteroatoms. The Labute approximate surface area is 142 Å². The van der Waals surface area contributed by atoms with Gasteiger partial charge in [-0.15, -0.1) is 0 Å². The molecule has 0 N–H and O–H groups in total. The summed E-state index contributed by atoms with van der Waals surface area (Å²) in [5.74, 6) is -0.301. The van der Waals surface area contributed by atoms with E-state index >= 15 is 0 Å². The number of benzene rings is 2. The number of carbonyl (C=O) groups is 2. The van der Waals surface area contributed by atoms with E-state index < -0.39 is 0 Å². The van der Waals surface area contributed by atoms with E-state index in [9.17, 15) is 9.59 Å². The molecule has 0 bridgehead atoms. The van der Waals surface area contributed by atoms with Gasteiger partial charge in [-0.25, -0.2) is 0 Å². The predicted molar refractivity (Wildman–Crippen MR) is 96.2 cm³/mol. The summed E-state index contributed by atoms with van der Waals surface area (Å²) in [7, 11) is 1.77. The third-order valence-electron chi connectivity index (χ3n) is 4.47. The van der Waals surface area contributed by atoms with Crippen LogP contribution in [0.15, 0.2) is 48.5 Å². The van der Waals surface area contributed by atoms with E-state index in [1.165, 1.54) is 0 Å². The van der Waals surface area contributed by atoms with Crippen LogP contribution in [-0.4, -0.2) is 25.4 Å². The molecule has 1 atom stereocenters. The first-order valence-electron chi connectivity index (χ1n) is 8.17. The molecule has 0 aliphatic carbocycles. The third kappa shape index (κ3) is 3.18. The second-order valence-corrected chi connectivity index (χ2v) is 6.48. The first-order valence-corrected chi connectivity index (χ1v) is 8.17. The van der Waals surface area contributed by atoms with E-state index in [1.54, 1.807) is 16.8 Å². The van der Waals surface area contributed by atoms with Crippen LogP contribution in [0, 0.1) is 19.8 Å². The fraction of sp³-hybridized carbons (Fsp3) is 0.300. The van der Waals surface area contributed by atoms with Gasteiger partial charge in [0.25, 0.3) is 0 Å². The van der Waals surface area contributed by atoms with Gasteiger partial charge < -0.3 is 9.80 Å². The number of para-hydroxylation sites is 1. The molecular formula is C20H22N2O2. The highest BCUT2D eigenvalue weighted by Crippen LogP contribution is 2.28. The van der Waals surface area contributed by atoms with Crippen molar-refractivity contribution in [3.05, 3.63) is 59.7 Å². The summed E-state index contributed by atoms with van der Waals surface area (Å²) in [6.45, 7) is 4.48. The first-order chi connectivity index (χ1) is 11.5. The number of nitrogens with zero attached hydrogens (tertiary/aromatic N) is 2. The zero-order chi connectivity index (χ0) is 17.3. The highest BCUT2D eigenvalue weighted by Gasteiger charge is 2.36. The van der Waals surface area contributed by atoms with Crippen LogP contribution in [0.2, 0.25) is 0 Å². The maximum atomic E-state index is 12.7. The lowest BCUT2D eigenvalue weighted by Gasteiger charge is -2.22. The van der Waals surface area contributed by atoms with Crippen molar-refractivity contribution in [2.45, 2.75) is 20.3 Å². The van der Waals surface area contributed by atoms with Gasteiger partial charge in [-0.05, 0) is 49.2 Å². The summed E-state index contributed by atoms with van der Waals surface area (Å²) in [6.07, 6.45) is 0.267. The van der Waals surface area contributed by atoms with Crippen molar-refractivity contribution in [3.8, 4) is 0 Å². The SMILES string of the molecule is Cc1cc(C)cc(N2CC(C(=O)N(C)c3ccccc3)CC2=O)c1. The van der Waals surface area contributed by atoms with Crippen LogP contribution in [0.25, 0.3) is 0 Å². The van der Waals surface area contributed by atoms with E-state index in [1.807, 2.05) is 56.3 Å². The molecule has 0 saturated carbocycles. The van der Waals surface area contributed by atoms with E-state index in [0.717, 1.165) is 22.5 Å². The van der Waals surface area contributed by atoms with Crippen molar-refractivity contribution in [2.75, 3.05) is 23.4 Å². The highest BCUT2D eigenvalue weighted by atomic mass is 16.2. The topological polar surface area (TPSA) is 40.6 Å². The van der Waals surface area contributed by atoms with Crippen molar-refractivity contribution in [2.24, 2.45) is 5.92 Å². The van der Waals surface area contributed by atoms with Gasteiger partial charge in [0.1, 0.15) is 0 Å². The van der Waals surface area contributed by atoms with Crippen molar-refractivity contribution in [1.82, 2.24) is 0 Å². The summed E-state index contributed by atoms with van der Waals surface area (Å²) in [5, 5.41) is 0. The maximum absolute atomic E-state index is 12.7. The monoisotopic (exact) mass is 322 g/mol. The summed E-state index contributed by atoms with van der Waals surface area (Å²) >= 11 is 0. The van der Waals surface area contributed by atoms with Crippen molar-refractivity contribution in [3.63, 3.8) is 0 Å². The van der Waals surface area contributed by atoms with Crippen LogP contribution < -0.4 is 9.80 Å². The van der Waals surface area contributed by atoms with E-state index in [2.05, 4.69) is 6.07 Å². The minimum Gasteiger partial charge on any atom is -0.315 e. The quantitative estimate of drug-likeness (QED) is 0.870. The molecule has 2 aromatic carbocycles. The van der Waals surface area contributed by atoms with Crippen LogP contribution in [0.1, 0.15) is 17.5 Å². The van der Waals surface area contributed by atoms with Crippen molar-refractivity contribution in [1.29, 1.82) is 0 Å². The number of carbonyl (C=O) groups excluding carboxylic acids is 2. The average molecular weight is 322 g/mol. The van der Waals surface area contributed by atoms with Crippen LogP contribution >= 0.6 is 0 Å². The molecule has 1 heterocycles. The molecule has 0 aromatic heterocycles. The molecule has 0 spiro atoms. The Balaban J connectivity index is 1.78. The molecule has 24 heavy (non-hydrogen) atoms. The van der Waals surface area contributed by atoms with Crippen molar-refractivity contribution < 1.29 is 9.59 Å². The minimum absolute atomic E-state index is 0.0126. The summed E-state index contributed by atoms with van der Waals surface area (Å²) in [4.78, 5) is 28.6. The van der Waals surface area contributed by atoms with Gasteiger partial charge in [0.2, 0.25) is 11.8 Å². The number of hydrogen-bond acceptors (Lipinski definition) is 2. The fourth-order valence-corrected chi connectivity index (χ4v) is 3.28. The average Bonchev–Trinajstić information content (AvgIpc) is 2.95. The van der Waals surface area contributed by atoms with Gasteiger partial charge in [-0.1, -0.05) is 24.3 Å². The summed E-state index contributed by atoms with van der Waals surface area (Å²) in [6, 6.07) is 15.6. The Kier molecular flexibility index (Phi) is 4.38. The van der Waals surface area contributed by atoms with E-state index in [-0.39, 0.29) is 24.2 Å². The van der Waals surface area contributed by atoms with E-state index in [0.29, 0.717) is 6.54 Å². The first kappa shape index (κ1) is 16.2. The predicted octanol–water partition coefficient (Wildman–Crippen LogP) is 3.32. The molecule has 1 saturated heterocycles. The zero-order valence-electron chi connectivity index (χ0n) is 14.3. The molecule has 4 nitrogen and oxygen atoms in total. The van der Waals surface area contributed by atoms with Crippen LogP contribution in [0.5, 0.6) is 0 Å². The third-order valence-corrected chi connectivity index (χ3v) is 4.47. The number of amides is 2. The van der Waals surface area contributed by atoms with Gasteiger partial charge in [-0.2, -0.15) is 0 Å². The normalized spacial score (nSPS) is 17.2. The van der Waals surface area contributed by atoms with Crippen LogP contribution in [0.3, 0.4) is 0 Å². The molecule has 1 aliphatic rings. The Morgan fingerprint density at radius 1 is 1.08 bits per heavy atom. The lowest BCUT2D eigenvalue weighted by Crippen LogP contribution is -2.34. The Bertz CT molecular complexity index is 750. The Morgan fingerprint density at radius 2 is 1.71 bits per heavy atom. The van der Waals surface area contributed by atoms with Gasteiger partial charge in [0.15, 0.2) is 0 Å². The molecule has 2 amide bonds. The van der Waals surface area contributed by atoms with Crippen molar-refractivity contribution >= 4 is 23.2 Å². The smallest absolute Gasteiger partial charge is 0.232 e. The summed E-state index contributed by atoms with van der Waals surface area (Å²) < 4.78 is 0. The number of hydrogen-bond donors (Lipinski definition) is 0. The molecular weight excluding hydrogens is 300 g/mol. The number of aryl methyl sites for hydroxylation is 2.